The quantitative estimate of drug-likeness (QED) is 0.679. The second-order valence-corrected chi connectivity index (χ2v) is 6.53. The molecule has 3 atom stereocenters. The maximum absolute atomic E-state index is 11.4. The number of anilines is 1. The van der Waals surface area contributed by atoms with Crippen LogP contribution in [-0.2, 0) is 0 Å². The van der Waals surface area contributed by atoms with Crippen LogP contribution in [0.15, 0.2) is 0 Å². The molecule has 116 valence electrons. The molecule has 1 aliphatic carbocycles. The summed E-state index contributed by atoms with van der Waals surface area (Å²) in [6.07, 6.45) is 1.59. The molecule has 0 aromatic carbocycles. The lowest BCUT2D eigenvalue weighted by Gasteiger charge is -2.22. The molecule has 0 amide bonds. The van der Waals surface area contributed by atoms with Crippen LogP contribution in [0.25, 0.3) is 0 Å². The van der Waals surface area contributed by atoms with Crippen molar-refractivity contribution in [3.8, 4) is 0 Å². The fraction of sp³-hybridized carbons (Fsp3) is 0.786. The number of hydrogen-bond donors (Lipinski definition) is 1. The monoisotopic (exact) mass is 294 g/mol. The molecular weight excluding hydrogens is 272 g/mol. The Balaban J connectivity index is 2.00. The lowest BCUT2D eigenvalue weighted by molar-refractivity contribution is -0.384. The summed E-state index contributed by atoms with van der Waals surface area (Å²) in [4.78, 5) is 13.1. The first kappa shape index (κ1) is 14.3. The van der Waals surface area contributed by atoms with Crippen molar-refractivity contribution in [1.29, 1.82) is 0 Å². The Bertz CT molecular complexity index is 569. The highest BCUT2D eigenvalue weighted by Gasteiger charge is 2.45. The van der Waals surface area contributed by atoms with Gasteiger partial charge in [0.05, 0.1) is 11.0 Å². The molecule has 1 saturated heterocycles. The van der Waals surface area contributed by atoms with Gasteiger partial charge < -0.3 is 10.0 Å². The van der Waals surface area contributed by atoms with E-state index < -0.39 is 0 Å². The van der Waals surface area contributed by atoms with Crippen molar-refractivity contribution in [3.05, 3.63) is 15.8 Å². The second kappa shape index (κ2) is 4.98. The molecule has 7 nitrogen and oxygen atoms in total. The molecular formula is C14H22N4O3. The van der Waals surface area contributed by atoms with Crippen LogP contribution in [0.2, 0.25) is 0 Å². The third kappa shape index (κ3) is 2.19. The molecule has 7 heteroatoms. The van der Waals surface area contributed by atoms with Crippen molar-refractivity contribution in [2.75, 3.05) is 18.0 Å². The van der Waals surface area contributed by atoms with Gasteiger partial charge in [-0.1, -0.05) is 0 Å². The van der Waals surface area contributed by atoms with Crippen LogP contribution in [0.3, 0.4) is 0 Å². The van der Waals surface area contributed by atoms with Gasteiger partial charge in [0, 0.05) is 25.0 Å². The van der Waals surface area contributed by atoms with E-state index in [4.69, 9.17) is 0 Å². The first-order chi connectivity index (χ1) is 9.90. The molecule has 1 aromatic rings. The van der Waals surface area contributed by atoms with Crippen LogP contribution in [0.4, 0.5) is 11.5 Å². The first-order valence-corrected chi connectivity index (χ1v) is 7.56. The molecule has 0 spiro atoms. The summed E-state index contributed by atoms with van der Waals surface area (Å²) < 4.78 is 1.75. The Kier molecular flexibility index (Phi) is 3.39. The summed E-state index contributed by atoms with van der Waals surface area (Å²) in [5.74, 6) is 1.28. The molecule has 21 heavy (non-hydrogen) atoms. The molecule has 1 aliphatic heterocycles. The minimum absolute atomic E-state index is 0.0674. The normalized spacial score (nSPS) is 28.4. The topological polar surface area (TPSA) is 84.4 Å². The fourth-order valence-electron chi connectivity index (χ4n) is 3.80. The maximum Gasteiger partial charge on any atom is 0.333 e. The van der Waals surface area contributed by atoms with Gasteiger partial charge in [-0.25, -0.2) is 4.68 Å². The van der Waals surface area contributed by atoms with E-state index in [1.54, 1.807) is 11.6 Å². The van der Waals surface area contributed by atoms with Crippen molar-refractivity contribution < 1.29 is 10.0 Å². The smallest absolute Gasteiger partial charge is 0.333 e. The Morgan fingerprint density at radius 1 is 1.38 bits per heavy atom. The van der Waals surface area contributed by atoms with Crippen molar-refractivity contribution in [1.82, 2.24) is 9.78 Å². The summed E-state index contributed by atoms with van der Waals surface area (Å²) in [7, 11) is 0. The Hall–Kier alpha value is -1.63. The number of hydrogen-bond acceptors (Lipinski definition) is 5. The first-order valence-electron chi connectivity index (χ1n) is 7.56. The van der Waals surface area contributed by atoms with Gasteiger partial charge in [-0.2, -0.15) is 5.10 Å². The zero-order valence-corrected chi connectivity index (χ0v) is 12.7. The zero-order chi connectivity index (χ0) is 15.3. The molecule has 1 saturated carbocycles. The minimum atomic E-state index is -0.332. The van der Waals surface area contributed by atoms with E-state index in [1.165, 1.54) is 0 Å². The van der Waals surface area contributed by atoms with Crippen molar-refractivity contribution >= 4 is 11.5 Å². The number of rotatable bonds is 3. The van der Waals surface area contributed by atoms with Crippen LogP contribution in [0.5, 0.6) is 0 Å². The highest BCUT2D eigenvalue weighted by molar-refractivity contribution is 5.62. The fourth-order valence-corrected chi connectivity index (χ4v) is 3.80. The molecule has 2 aliphatic rings. The van der Waals surface area contributed by atoms with Crippen molar-refractivity contribution in [3.63, 3.8) is 0 Å². The molecule has 0 radical (unpaired) electrons. The highest BCUT2D eigenvalue weighted by atomic mass is 16.6. The number of fused-ring (bicyclic) bond motifs is 1. The SMILES string of the molecule is Cc1nn(C(C)C)c(N2CC3CCC(O)C3C2)c1[N+](=O)[O-]. The number of aryl methyl sites for hydroxylation is 1. The predicted octanol–water partition coefficient (Wildman–Crippen LogP) is 1.89. The predicted molar refractivity (Wildman–Crippen MR) is 78.4 cm³/mol. The van der Waals surface area contributed by atoms with Gasteiger partial charge in [-0.3, -0.25) is 10.1 Å². The van der Waals surface area contributed by atoms with Crippen molar-refractivity contribution in [2.45, 2.75) is 45.8 Å². The van der Waals surface area contributed by atoms with Gasteiger partial charge in [-0.15, -0.1) is 0 Å². The van der Waals surface area contributed by atoms with E-state index in [9.17, 15) is 15.2 Å². The molecule has 1 aromatic heterocycles. The van der Waals surface area contributed by atoms with Gasteiger partial charge >= 0.3 is 5.69 Å². The summed E-state index contributed by atoms with van der Waals surface area (Å²) >= 11 is 0. The number of aromatic nitrogens is 2. The number of nitro groups is 1. The summed E-state index contributed by atoms with van der Waals surface area (Å²) in [6, 6.07) is 0.0674. The van der Waals surface area contributed by atoms with Gasteiger partial charge in [0.2, 0.25) is 5.82 Å². The third-order valence-electron chi connectivity index (χ3n) is 4.82. The van der Waals surface area contributed by atoms with Gasteiger partial charge in [0.25, 0.3) is 0 Å². The van der Waals surface area contributed by atoms with Gasteiger partial charge in [0.15, 0.2) is 0 Å². The van der Waals surface area contributed by atoms with E-state index in [1.807, 2.05) is 13.8 Å². The molecule has 3 rings (SSSR count). The molecule has 1 N–H and O–H groups in total. The van der Waals surface area contributed by atoms with Crippen LogP contribution in [0.1, 0.15) is 38.4 Å². The lowest BCUT2D eigenvalue weighted by atomic mass is 10.00. The van der Waals surface area contributed by atoms with Crippen LogP contribution < -0.4 is 4.90 Å². The summed E-state index contributed by atoms with van der Waals surface area (Å²) in [5.41, 5.74) is 0.569. The van der Waals surface area contributed by atoms with E-state index >= 15 is 0 Å². The van der Waals surface area contributed by atoms with Gasteiger partial charge in [0.1, 0.15) is 5.69 Å². The third-order valence-corrected chi connectivity index (χ3v) is 4.82. The van der Waals surface area contributed by atoms with Crippen LogP contribution in [0, 0.1) is 28.9 Å². The largest absolute Gasteiger partial charge is 0.393 e. The Morgan fingerprint density at radius 2 is 2.10 bits per heavy atom. The van der Waals surface area contributed by atoms with E-state index in [2.05, 4.69) is 10.00 Å². The zero-order valence-electron chi connectivity index (χ0n) is 12.7. The maximum atomic E-state index is 11.4. The Morgan fingerprint density at radius 3 is 2.67 bits per heavy atom. The van der Waals surface area contributed by atoms with Crippen LogP contribution >= 0.6 is 0 Å². The minimum Gasteiger partial charge on any atom is -0.393 e. The lowest BCUT2D eigenvalue weighted by Crippen LogP contribution is -2.27. The standard InChI is InChI=1S/C14H22N4O3/c1-8(2)17-14(13(18(20)21)9(3)15-17)16-6-10-4-5-12(19)11(10)7-16/h8,10-12,19H,4-7H2,1-3H3. The number of aliphatic hydroxyl groups excluding tert-OH is 1. The average molecular weight is 294 g/mol. The number of nitrogens with zero attached hydrogens (tertiary/aromatic N) is 4. The van der Waals surface area contributed by atoms with Gasteiger partial charge in [-0.05, 0) is 39.5 Å². The molecule has 2 fully saturated rings. The summed E-state index contributed by atoms with van der Waals surface area (Å²) in [5, 5.41) is 25.8. The van der Waals surface area contributed by atoms with E-state index in [-0.39, 0.29) is 28.7 Å². The average Bonchev–Trinajstić information content (AvgIpc) is 3.03. The molecule has 2 heterocycles. The molecule has 3 unspecified atom stereocenters. The van der Waals surface area contributed by atoms with E-state index in [0.29, 0.717) is 24.0 Å². The molecule has 0 bridgehead atoms. The van der Waals surface area contributed by atoms with Crippen LogP contribution in [-0.4, -0.2) is 39.0 Å². The van der Waals surface area contributed by atoms with Crippen molar-refractivity contribution in [2.24, 2.45) is 11.8 Å². The highest BCUT2D eigenvalue weighted by Crippen LogP contribution is 2.43. The summed E-state index contributed by atoms with van der Waals surface area (Å²) in [6.45, 7) is 7.11. The van der Waals surface area contributed by atoms with E-state index in [0.717, 1.165) is 19.4 Å². The Labute approximate surface area is 123 Å². The second-order valence-electron chi connectivity index (χ2n) is 6.53. The number of aliphatic hydroxyl groups is 1.